The van der Waals surface area contributed by atoms with Gasteiger partial charge in [0.1, 0.15) is 5.75 Å². The number of para-hydroxylation sites is 2. The number of carbonyl (C=O) groups excluding carboxylic acids is 2. The molecule has 27 heavy (non-hydrogen) atoms. The van der Waals surface area contributed by atoms with Crippen LogP contribution in [-0.2, 0) is 9.59 Å². The van der Waals surface area contributed by atoms with Gasteiger partial charge in [-0.2, -0.15) is 0 Å². The lowest BCUT2D eigenvalue weighted by Crippen LogP contribution is -2.53. The summed E-state index contributed by atoms with van der Waals surface area (Å²) in [6, 6.07) is 7.56. The molecule has 1 aliphatic heterocycles. The van der Waals surface area contributed by atoms with E-state index in [-0.39, 0.29) is 30.8 Å². The van der Waals surface area contributed by atoms with Crippen molar-refractivity contribution in [2.24, 2.45) is 0 Å². The van der Waals surface area contributed by atoms with Gasteiger partial charge in [0.25, 0.3) is 0 Å². The Bertz CT molecular complexity index is 614. The van der Waals surface area contributed by atoms with Gasteiger partial charge in [0.15, 0.2) is 0 Å². The Labute approximate surface area is 167 Å². The van der Waals surface area contributed by atoms with Gasteiger partial charge in [-0.25, -0.2) is 0 Å². The van der Waals surface area contributed by atoms with Crippen molar-refractivity contribution in [1.82, 2.24) is 15.1 Å². The average molecular weight is 399 g/mol. The van der Waals surface area contributed by atoms with E-state index in [0.717, 1.165) is 26.1 Å². The molecular formula is C19H31ClN4O3. The Kier molecular flexibility index (Phi) is 10.1. The third-order valence-electron chi connectivity index (χ3n) is 4.54. The monoisotopic (exact) mass is 398 g/mol. The van der Waals surface area contributed by atoms with Gasteiger partial charge in [-0.1, -0.05) is 19.1 Å². The van der Waals surface area contributed by atoms with E-state index in [1.807, 2.05) is 19.1 Å². The second-order valence-electron chi connectivity index (χ2n) is 6.59. The molecule has 1 aliphatic rings. The molecule has 8 heteroatoms. The normalized spacial score (nSPS) is 16.9. The highest BCUT2D eigenvalue weighted by atomic mass is 35.5. The number of carbonyl (C=O) groups is 2. The summed E-state index contributed by atoms with van der Waals surface area (Å²) in [6.45, 7) is 7.70. The van der Waals surface area contributed by atoms with E-state index in [0.29, 0.717) is 30.6 Å². The van der Waals surface area contributed by atoms with Crippen LogP contribution < -0.4 is 15.4 Å². The fourth-order valence-corrected chi connectivity index (χ4v) is 3.06. The van der Waals surface area contributed by atoms with Gasteiger partial charge < -0.3 is 20.3 Å². The Hall–Kier alpha value is -1.83. The lowest BCUT2D eigenvalue weighted by molar-refractivity contribution is -0.136. The standard InChI is InChI=1S/C19H30N4O3.ClH/c1-4-10-23(19(25)14-22-11-9-20-12-15(22)2)13-18(24)21-16-7-5-6-8-17(16)26-3;/h5-8,15,20H,4,9-14H2,1-3H3,(H,21,24);1H/t15-;/m0./s1. The van der Waals surface area contributed by atoms with Crippen molar-refractivity contribution >= 4 is 29.9 Å². The maximum Gasteiger partial charge on any atom is 0.244 e. The molecule has 1 fully saturated rings. The van der Waals surface area contributed by atoms with Crippen LogP contribution in [0.15, 0.2) is 24.3 Å². The highest BCUT2D eigenvalue weighted by Crippen LogP contribution is 2.22. The zero-order valence-electron chi connectivity index (χ0n) is 16.4. The molecule has 0 spiro atoms. The molecule has 7 nitrogen and oxygen atoms in total. The van der Waals surface area contributed by atoms with Gasteiger partial charge in [-0.3, -0.25) is 14.5 Å². The number of halogens is 1. The van der Waals surface area contributed by atoms with Crippen LogP contribution in [0, 0.1) is 0 Å². The van der Waals surface area contributed by atoms with Crippen molar-refractivity contribution in [3.05, 3.63) is 24.3 Å². The number of rotatable bonds is 8. The highest BCUT2D eigenvalue weighted by molar-refractivity contribution is 5.95. The molecule has 2 N–H and O–H groups in total. The van der Waals surface area contributed by atoms with Crippen LogP contribution >= 0.6 is 12.4 Å². The van der Waals surface area contributed by atoms with Crippen LogP contribution in [0.25, 0.3) is 0 Å². The SMILES string of the molecule is CCCN(CC(=O)Nc1ccccc1OC)C(=O)CN1CCNC[C@@H]1C.Cl. The first kappa shape index (κ1) is 23.2. The Balaban J connectivity index is 0.00000364. The van der Waals surface area contributed by atoms with Crippen LogP contribution in [0.4, 0.5) is 5.69 Å². The molecular weight excluding hydrogens is 368 g/mol. The second kappa shape index (κ2) is 11.8. The smallest absolute Gasteiger partial charge is 0.244 e. The molecule has 0 radical (unpaired) electrons. The number of ether oxygens (including phenoxy) is 1. The number of nitrogens with zero attached hydrogens (tertiary/aromatic N) is 2. The second-order valence-corrected chi connectivity index (χ2v) is 6.59. The molecule has 0 aliphatic carbocycles. The molecule has 2 rings (SSSR count). The molecule has 1 aromatic rings. The van der Waals surface area contributed by atoms with Crippen molar-refractivity contribution in [2.45, 2.75) is 26.3 Å². The lowest BCUT2D eigenvalue weighted by Gasteiger charge is -2.34. The third-order valence-corrected chi connectivity index (χ3v) is 4.54. The van der Waals surface area contributed by atoms with E-state index in [4.69, 9.17) is 4.74 Å². The molecule has 1 atom stereocenters. The van der Waals surface area contributed by atoms with Gasteiger partial charge in [-0.15, -0.1) is 12.4 Å². The van der Waals surface area contributed by atoms with Gasteiger partial charge in [0.05, 0.1) is 25.9 Å². The highest BCUT2D eigenvalue weighted by Gasteiger charge is 2.24. The molecule has 1 heterocycles. The van der Waals surface area contributed by atoms with E-state index in [9.17, 15) is 9.59 Å². The fraction of sp³-hybridized carbons (Fsp3) is 0.579. The van der Waals surface area contributed by atoms with Gasteiger partial charge in [-0.05, 0) is 25.5 Å². The average Bonchev–Trinajstić information content (AvgIpc) is 2.63. The maximum absolute atomic E-state index is 12.7. The predicted molar refractivity (Wildman–Crippen MR) is 110 cm³/mol. The van der Waals surface area contributed by atoms with Crippen molar-refractivity contribution in [1.29, 1.82) is 0 Å². The largest absolute Gasteiger partial charge is 0.495 e. The third kappa shape index (κ3) is 7.01. The first-order valence-electron chi connectivity index (χ1n) is 9.20. The van der Waals surface area contributed by atoms with Crippen molar-refractivity contribution < 1.29 is 14.3 Å². The number of amides is 2. The van der Waals surface area contributed by atoms with E-state index in [2.05, 4.69) is 22.5 Å². The van der Waals surface area contributed by atoms with Gasteiger partial charge in [0.2, 0.25) is 11.8 Å². The Morgan fingerprint density at radius 1 is 1.37 bits per heavy atom. The molecule has 0 saturated carbocycles. The quantitative estimate of drug-likeness (QED) is 0.695. The predicted octanol–water partition coefficient (Wildman–Crippen LogP) is 1.59. The summed E-state index contributed by atoms with van der Waals surface area (Å²) in [7, 11) is 1.56. The first-order valence-corrected chi connectivity index (χ1v) is 9.20. The van der Waals surface area contributed by atoms with Crippen LogP contribution in [0.1, 0.15) is 20.3 Å². The molecule has 0 aromatic heterocycles. The Morgan fingerprint density at radius 3 is 2.78 bits per heavy atom. The number of anilines is 1. The van der Waals surface area contributed by atoms with E-state index in [1.54, 1.807) is 24.1 Å². The summed E-state index contributed by atoms with van der Waals surface area (Å²) in [5.74, 6) is 0.379. The summed E-state index contributed by atoms with van der Waals surface area (Å²) < 4.78 is 5.25. The molecule has 152 valence electrons. The van der Waals surface area contributed by atoms with E-state index in [1.165, 1.54) is 0 Å². The molecule has 1 saturated heterocycles. The number of methoxy groups -OCH3 is 1. The Morgan fingerprint density at radius 2 is 2.11 bits per heavy atom. The minimum Gasteiger partial charge on any atom is -0.495 e. The van der Waals surface area contributed by atoms with Crippen LogP contribution in [0.5, 0.6) is 5.75 Å². The maximum atomic E-state index is 12.7. The molecule has 0 unspecified atom stereocenters. The number of benzene rings is 1. The molecule has 0 bridgehead atoms. The summed E-state index contributed by atoms with van der Waals surface area (Å²) in [4.78, 5) is 29.0. The minimum absolute atomic E-state index is 0. The molecule has 1 aromatic carbocycles. The molecule has 2 amide bonds. The fourth-order valence-electron chi connectivity index (χ4n) is 3.06. The number of hydrogen-bond acceptors (Lipinski definition) is 5. The summed E-state index contributed by atoms with van der Waals surface area (Å²) in [5.41, 5.74) is 0.611. The summed E-state index contributed by atoms with van der Waals surface area (Å²) >= 11 is 0. The number of nitrogens with one attached hydrogen (secondary N) is 2. The lowest BCUT2D eigenvalue weighted by atomic mass is 10.2. The van der Waals surface area contributed by atoms with E-state index < -0.39 is 0 Å². The zero-order valence-corrected chi connectivity index (χ0v) is 17.2. The number of hydrogen-bond donors (Lipinski definition) is 2. The zero-order chi connectivity index (χ0) is 18.9. The summed E-state index contributed by atoms with van der Waals surface area (Å²) in [5, 5.41) is 6.16. The van der Waals surface area contributed by atoms with E-state index >= 15 is 0 Å². The van der Waals surface area contributed by atoms with Crippen molar-refractivity contribution in [3.63, 3.8) is 0 Å². The van der Waals surface area contributed by atoms with Crippen LogP contribution in [0.3, 0.4) is 0 Å². The van der Waals surface area contributed by atoms with Crippen LogP contribution in [0.2, 0.25) is 0 Å². The van der Waals surface area contributed by atoms with Crippen LogP contribution in [-0.4, -0.2) is 74.0 Å². The summed E-state index contributed by atoms with van der Waals surface area (Å²) in [6.07, 6.45) is 0.810. The van der Waals surface area contributed by atoms with Gasteiger partial charge >= 0.3 is 0 Å². The first-order chi connectivity index (χ1) is 12.5. The minimum atomic E-state index is -0.218. The van der Waals surface area contributed by atoms with Crippen molar-refractivity contribution in [2.75, 3.05) is 51.7 Å². The number of piperazine rings is 1. The topological polar surface area (TPSA) is 73.9 Å². The van der Waals surface area contributed by atoms with Gasteiger partial charge in [0, 0.05) is 32.2 Å². The van der Waals surface area contributed by atoms with Crippen molar-refractivity contribution in [3.8, 4) is 5.75 Å².